The molecule has 2 saturated heterocycles. The third-order valence-electron chi connectivity index (χ3n) is 9.65. The molecule has 2 aromatic heterocycles. The molecule has 3 N–H and O–H groups in total. The first kappa shape index (κ1) is 32.5. The second-order valence-corrected chi connectivity index (χ2v) is 13.9. The molecule has 4 amide bonds. The number of nitrogens with two attached hydrogens (primary N) is 1. The first-order chi connectivity index (χ1) is 22.2. The van der Waals surface area contributed by atoms with E-state index in [1.807, 2.05) is 29.8 Å². The van der Waals surface area contributed by atoms with Crippen LogP contribution in [0.3, 0.4) is 0 Å². The van der Waals surface area contributed by atoms with E-state index < -0.39 is 12.1 Å². The molecule has 0 spiro atoms. The highest BCUT2D eigenvalue weighted by Gasteiger charge is 2.41. The summed E-state index contributed by atoms with van der Waals surface area (Å²) in [7, 11) is 0. The fraction of sp³-hybridized carbons (Fsp3) is 0.485. The topological polar surface area (TPSA) is 130 Å². The molecule has 11 nitrogen and oxygen atoms in total. The van der Waals surface area contributed by atoms with Gasteiger partial charge < -0.3 is 25.4 Å². The number of urea groups is 1. The Morgan fingerprint density at radius 2 is 1.85 bits per heavy atom. The molecule has 3 aliphatic rings. The quantitative estimate of drug-likeness (QED) is 0.385. The fourth-order valence-corrected chi connectivity index (χ4v) is 7.68. The van der Waals surface area contributed by atoms with Gasteiger partial charge in [0.1, 0.15) is 6.04 Å². The largest absolute Gasteiger partial charge is 0.352 e. The van der Waals surface area contributed by atoms with E-state index in [0.29, 0.717) is 57.3 Å². The molecule has 244 valence electrons. The maximum atomic E-state index is 14.0. The van der Waals surface area contributed by atoms with E-state index in [-0.39, 0.29) is 23.8 Å². The standard InChI is InChI=1S/C33H40BrClN8O3/c1-21-17-37-20-42(21)11-8-38-32(45)28-19-41(12-13-43(28)29(44)14-22-6-9-40(10-7-22)33(36)46)31-27-5-4-26(35)16-23(27)2-3-24-15-25(34)18-39-30(24)31/h4-5,15-18,20,22,28,31H,2-3,6-14,19H2,1H3,(H2,36,46)(H,38,45)/t28-,31?/m1/s1. The number of hydrogen-bond donors (Lipinski definition) is 2. The number of aryl methyl sites for hydroxylation is 3. The van der Waals surface area contributed by atoms with Crippen molar-refractivity contribution in [2.45, 2.75) is 57.7 Å². The number of piperazine rings is 1. The van der Waals surface area contributed by atoms with Gasteiger partial charge in [0.05, 0.1) is 18.1 Å². The lowest BCUT2D eigenvalue weighted by molar-refractivity contribution is -0.145. The molecule has 2 atom stereocenters. The molecule has 4 heterocycles. The molecule has 3 aromatic rings. The molecular formula is C33H40BrClN8O3. The molecule has 2 aliphatic heterocycles. The van der Waals surface area contributed by atoms with Crippen LogP contribution in [0.2, 0.25) is 5.02 Å². The summed E-state index contributed by atoms with van der Waals surface area (Å²) in [6.07, 6.45) is 8.81. The van der Waals surface area contributed by atoms with Gasteiger partial charge in [-0.1, -0.05) is 17.7 Å². The maximum absolute atomic E-state index is 14.0. The van der Waals surface area contributed by atoms with Gasteiger partial charge in [-0.2, -0.15) is 0 Å². The summed E-state index contributed by atoms with van der Waals surface area (Å²) in [4.78, 5) is 54.2. The number of amides is 4. The molecule has 1 aliphatic carbocycles. The summed E-state index contributed by atoms with van der Waals surface area (Å²) in [5.74, 6) is -0.0614. The third kappa shape index (κ3) is 7.08. The Kier molecular flexibility index (Phi) is 9.95. The lowest BCUT2D eigenvalue weighted by Crippen LogP contribution is -2.61. The van der Waals surface area contributed by atoms with E-state index in [2.05, 4.69) is 43.3 Å². The second-order valence-electron chi connectivity index (χ2n) is 12.5. The van der Waals surface area contributed by atoms with Crippen LogP contribution in [0.5, 0.6) is 0 Å². The molecule has 13 heteroatoms. The predicted molar refractivity (Wildman–Crippen MR) is 178 cm³/mol. The highest BCUT2D eigenvalue weighted by Crippen LogP contribution is 2.38. The van der Waals surface area contributed by atoms with Crippen LogP contribution in [0.4, 0.5) is 4.79 Å². The van der Waals surface area contributed by atoms with Crippen molar-refractivity contribution in [3.05, 3.63) is 80.6 Å². The minimum Gasteiger partial charge on any atom is -0.352 e. The Labute approximate surface area is 282 Å². The van der Waals surface area contributed by atoms with Crippen LogP contribution in [-0.4, -0.2) is 92.4 Å². The zero-order chi connectivity index (χ0) is 32.4. The highest BCUT2D eigenvalue weighted by molar-refractivity contribution is 9.10. The Morgan fingerprint density at radius 3 is 2.59 bits per heavy atom. The van der Waals surface area contributed by atoms with E-state index in [1.54, 1.807) is 22.3 Å². The average molecular weight is 712 g/mol. The van der Waals surface area contributed by atoms with Crippen LogP contribution in [-0.2, 0) is 29.0 Å². The smallest absolute Gasteiger partial charge is 0.314 e. The first-order valence-corrected chi connectivity index (χ1v) is 17.1. The number of aromatic nitrogens is 3. The van der Waals surface area contributed by atoms with Gasteiger partial charge in [-0.3, -0.25) is 19.5 Å². The number of halogens is 2. The molecular weight excluding hydrogens is 672 g/mol. The number of likely N-dealkylation sites (tertiary alicyclic amines) is 1. The molecule has 6 rings (SSSR count). The molecule has 0 bridgehead atoms. The number of nitrogens with one attached hydrogen (secondary N) is 1. The van der Waals surface area contributed by atoms with Crippen LogP contribution in [0.25, 0.3) is 0 Å². The zero-order valence-electron chi connectivity index (χ0n) is 26.0. The lowest BCUT2D eigenvalue weighted by atomic mass is 9.92. The molecule has 1 aromatic carbocycles. The van der Waals surface area contributed by atoms with Gasteiger partial charge in [-0.05, 0) is 89.3 Å². The molecule has 1 unspecified atom stereocenters. The van der Waals surface area contributed by atoms with Gasteiger partial charge in [0, 0.05) is 79.8 Å². The van der Waals surface area contributed by atoms with Gasteiger partial charge >= 0.3 is 6.03 Å². The van der Waals surface area contributed by atoms with Crippen molar-refractivity contribution in [2.24, 2.45) is 11.7 Å². The molecule has 46 heavy (non-hydrogen) atoms. The number of hydrogen-bond acceptors (Lipinski definition) is 6. The minimum atomic E-state index is -0.672. The SMILES string of the molecule is Cc1cncn1CCNC(=O)[C@H]1CN(C2c3ccc(Cl)cc3CCc3cc(Br)cnc32)CCN1C(=O)CC1CCN(C(N)=O)CC1. The van der Waals surface area contributed by atoms with E-state index >= 15 is 0 Å². The van der Waals surface area contributed by atoms with Crippen molar-refractivity contribution in [3.63, 3.8) is 0 Å². The van der Waals surface area contributed by atoms with E-state index in [1.165, 1.54) is 5.56 Å². The number of pyridine rings is 1. The first-order valence-electron chi connectivity index (χ1n) is 15.9. The van der Waals surface area contributed by atoms with Gasteiger partial charge in [-0.25, -0.2) is 9.78 Å². The van der Waals surface area contributed by atoms with Crippen LogP contribution in [0.15, 0.2) is 47.5 Å². The number of fused-ring (bicyclic) bond motifs is 2. The van der Waals surface area contributed by atoms with E-state index in [9.17, 15) is 14.4 Å². The summed E-state index contributed by atoms with van der Waals surface area (Å²) >= 11 is 10.1. The number of benzene rings is 1. The van der Waals surface area contributed by atoms with Crippen LogP contribution in [0, 0.1) is 12.8 Å². The Hall–Kier alpha value is -3.48. The summed E-state index contributed by atoms with van der Waals surface area (Å²) in [5.41, 5.74) is 10.9. The Morgan fingerprint density at radius 1 is 1.07 bits per heavy atom. The van der Waals surface area contributed by atoms with Crippen LogP contribution in [0.1, 0.15) is 53.4 Å². The molecule has 0 radical (unpaired) electrons. The summed E-state index contributed by atoms with van der Waals surface area (Å²) in [6, 6.07) is 6.90. The zero-order valence-corrected chi connectivity index (χ0v) is 28.3. The maximum Gasteiger partial charge on any atom is 0.314 e. The number of imidazole rings is 1. The molecule has 0 saturated carbocycles. The van der Waals surface area contributed by atoms with Gasteiger partial charge in [0.25, 0.3) is 0 Å². The summed E-state index contributed by atoms with van der Waals surface area (Å²) < 4.78 is 2.92. The number of carbonyl (C=O) groups is 3. The number of nitrogens with zero attached hydrogens (tertiary/aromatic N) is 6. The average Bonchev–Trinajstić information content (AvgIpc) is 3.38. The summed E-state index contributed by atoms with van der Waals surface area (Å²) in [5, 5.41) is 3.80. The van der Waals surface area contributed by atoms with Crippen molar-refractivity contribution in [2.75, 3.05) is 39.3 Å². The third-order valence-corrected chi connectivity index (χ3v) is 10.3. The van der Waals surface area contributed by atoms with Crippen molar-refractivity contribution < 1.29 is 14.4 Å². The molecule has 2 fully saturated rings. The normalized spacial score (nSPS) is 20.5. The van der Waals surface area contributed by atoms with Gasteiger partial charge in [-0.15, -0.1) is 0 Å². The predicted octanol–water partition coefficient (Wildman–Crippen LogP) is 3.70. The van der Waals surface area contributed by atoms with Crippen molar-refractivity contribution in [3.8, 4) is 0 Å². The van der Waals surface area contributed by atoms with Gasteiger partial charge in [0.15, 0.2) is 0 Å². The Bertz CT molecular complexity index is 1550. The van der Waals surface area contributed by atoms with Crippen molar-refractivity contribution in [1.29, 1.82) is 0 Å². The van der Waals surface area contributed by atoms with E-state index in [4.69, 9.17) is 22.3 Å². The Balaban J connectivity index is 1.25. The number of piperidine rings is 1. The van der Waals surface area contributed by atoms with Crippen molar-refractivity contribution in [1.82, 2.24) is 34.6 Å². The monoisotopic (exact) mass is 710 g/mol. The number of primary amides is 1. The number of carbonyl (C=O) groups excluding carboxylic acids is 3. The highest BCUT2D eigenvalue weighted by atomic mass is 79.9. The lowest BCUT2D eigenvalue weighted by Gasteiger charge is -2.44. The minimum absolute atomic E-state index is 0.0294. The summed E-state index contributed by atoms with van der Waals surface area (Å²) in [6.45, 7) is 5.46. The number of rotatable bonds is 7. The fourth-order valence-electron chi connectivity index (χ4n) is 7.10. The van der Waals surface area contributed by atoms with Crippen LogP contribution < -0.4 is 11.1 Å². The van der Waals surface area contributed by atoms with E-state index in [0.717, 1.165) is 52.7 Å². The second kappa shape index (κ2) is 14.1. The van der Waals surface area contributed by atoms with Crippen molar-refractivity contribution >= 4 is 45.4 Å². The van der Waals surface area contributed by atoms with Crippen LogP contribution >= 0.6 is 27.5 Å². The van der Waals surface area contributed by atoms with Gasteiger partial charge in [0.2, 0.25) is 11.8 Å².